The highest BCUT2D eigenvalue weighted by molar-refractivity contribution is 7.03. The number of hydrogen-bond acceptors (Lipinski definition) is 0. The van der Waals surface area contributed by atoms with Gasteiger partial charge in [-0.2, -0.15) is 0 Å². The van der Waals surface area contributed by atoms with Gasteiger partial charge in [0.2, 0.25) is 0 Å². The first-order valence-corrected chi connectivity index (χ1v) is 11.4. The molecule has 3 fully saturated rings. The van der Waals surface area contributed by atoms with E-state index in [1.807, 2.05) is 0 Å². The van der Waals surface area contributed by atoms with Crippen LogP contribution < -0.4 is 0 Å². The van der Waals surface area contributed by atoms with Crippen LogP contribution in [0, 0.1) is 5.41 Å². The first-order valence-electron chi connectivity index (χ1n) is 11.4. The summed E-state index contributed by atoms with van der Waals surface area (Å²) >= 11 is 0. The van der Waals surface area contributed by atoms with Gasteiger partial charge in [0.05, 0.1) is 14.3 Å². The Balaban J connectivity index is 1.54. The Kier molecular flexibility index (Phi) is 7.23. The fourth-order valence-corrected chi connectivity index (χ4v) is 5.64. The second-order valence-electron chi connectivity index (χ2n) is 9.66. The van der Waals surface area contributed by atoms with E-state index in [1.165, 1.54) is 116 Å². The third kappa shape index (κ3) is 5.07. The summed E-state index contributed by atoms with van der Waals surface area (Å²) in [6.07, 6.45) is 26.6. The minimum Gasteiger partial charge on any atom is -0.0774 e. The SMILES string of the molecule is CC1(C2([B][B]C3CCCCCCC3)CC2)CCCCCCCCC1. The zero-order chi connectivity index (χ0) is 16.7. The highest BCUT2D eigenvalue weighted by atomic mass is 14.5. The quantitative estimate of drug-likeness (QED) is 0.475. The zero-order valence-corrected chi connectivity index (χ0v) is 16.5. The number of hydrogen-bond donors (Lipinski definition) is 0. The largest absolute Gasteiger partial charge is 0.0774 e. The highest BCUT2D eigenvalue weighted by Gasteiger charge is 2.54. The molecule has 24 heavy (non-hydrogen) atoms. The summed E-state index contributed by atoms with van der Waals surface area (Å²) in [6.45, 7) is 2.66. The Bertz CT molecular complexity index is 343. The molecule has 0 aromatic rings. The maximum atomic E-state index is 2.75. The molecule has 0 aromatic carbocycles. The Morgan fingerprint density at radius 2 is 1.04 bits per heavy atom. The zero-order valence-electron chi connectivity index (χ0n) is 16.5. The van der Waals surface area contributed by atoms with E-state index in [-0.39, 0.29) is 0 Å². The summed E-state index contributed by atoms with van der Waals surface area (Å²) in [5.41, 5.74) is 0.600. The van der Waals surface area contributed by atoms with Crippen LogP contribution in [0.3, 0.4) is 0 Å². The van der Waals surface area contributed by atoms with E-state index in [0.29, 0.717) is 10.7 Å². The van der Waals surface area contributed by atoms with Crippen LogP contribution in [0.25, 0.3) is 0 Å². The maximum Gasteiger partial charge on any atom is 0.0749 e. The van der Waals surface area contributed by atoms with Crippen LogP contribution in [0.4, 0.5) is 0 Å². The lowest BCUT2D eigenvalue weighted by atomic mass is 9.24. The molecule has 3 rings (SSSR count). The van der Waals surface area contributed by atoms with Gasteiger partial charge in [-0.05, 0) is 18.3 Å². The monoisotopic (exact) mass is 326 g/mol. The molecule has 2 heteroatoms. The van der Waals surface area contributed by atoms with E-state index in [9.17, 15) is 0 Å². The van der Waals surface area contributed by atoms with Crippen molar-refractivity contribution in [3.63, 3.8) is 0 Å². The fraction of sp³-hybridized carbons (Fsp3) is 1.00. The van der Waals surface area contributed by atoms with Crippen LogP contribution in [0.5, 0.6) is 0 Å². The van der Waals surface area contributed by atoms with Crippen molar-refractivity contribution in [1.82, 2.24) is 0 Å². The molecule has 0 saturated heterocycles. The van der Waals surface area contributed by atoms with Gasteiger partial charge >= 0.3 is 0 Å². The van der Waals surface area contributed by atoms with Gasteiger partial charge in [0.1, 0.15) is 0 Å². The van der Waals surface area contributed by atoms with Crippen molar-refractivity contribution >= 4 is 14.3 Å². The van der Waals surface area contributed by atoms with Crippen LogP contribution in [-0.4, -0.2) is 14.3 Å². The van der Waals surface area contributed by atoms with Crippen molar-refractivity contribution in [3.05, 3.63) is 0 Å². The maximum absolute atomic E-state index is 2.75. The molecule has 0 amide bonds. The lowest BCUT2D eigenvalue weighted by Crippen LogP contribution is -2.33. The lowest BCUT2D eigenvalue weighted by Gasteiger charge is -2.40. The molecule has 0 aromatic heterocycles. The molecular formula is C22H40B2. The van der Waals surface area contributed by atoms with E-state index in [1.54, 1.807) is 0 Å². The van der Waals surface area contributed by atoms with E-state index in [0.717, 1.165) is 5.82 Å². The van der Waals surface area contributed by atoms with E-state index >= 15 is 0 Å². The fourth-order valence-electron chi connectivity index (χ4n) is 5.64. The molecule has 3 saturated carbocycles. The summed E-state index contributed by atoms with van der Waals surface area (Å²) in [6, 6.07) is 0. The Morgan fingerprint density at radius 1 is 0.583 bits per heavy atom. The highest BCUT2D eigenvalue weighted by Crippen LogP contribution is 2.68. The van der Waals surface area contributed by atoms with Crippen LogP contribution >= 0.6 is 0 Å². The molecule has 0 unspecified atom stereocenters. The first-order chi connectivity index (χ1) is 11.7. The van der Waals surface area contributed by atoms with Crippen molar-refractivity contribution in [2.75, 3.05) is 0 Å². The Morgan fingerprint density at radius 3 is 1.54 bits per heavy atom. The molecule has 0 nitrogen and oxygen atoms in total. The van der Waals surface area contributed by atoms with Crippen LogP contribution in [0.1, 0.15) is 122 Å². The topological polar surface area (TPSA) is 0 Å². The minimum atomic E-state index is 0.592. The minimum absolute atomic E-state index is 0.592. The van der Waals surface area contributed by atoms with Crippen molar-refractivity contribution in [3.8, 4) is 0 Å². The van der Waals surface area contributed by atoms with Gasteiger partial charge in [-0.15, -0.1) is 0 Å². The van der Waals surface area contributed by atoms with Gasteiger partial charge in [-0.1, -0.05) is 121 Å². The predicted octanol–water partition coefficient (Wildman–Crippen LogP) is 7.33. The van der Waals surface area contributed by atoms with Gasteiger partial charge in [-0.3, -0.25) is 0 Å². The smallest absolute Gasteiger partial charge is 0.0749 e. The Labute approximate surface area is 153 Å². The summed E-state index contributed by atoms with van der Waals surface area (Å²) < 4.78 is 0. The molecule has 3 aliphatic rings. The summed E-state index contributed by atoms with van der Waals surface area (Å²) in [7, 11) is 5.45. The average molecular weight is 326 g/mol. The molecule has 0 N–H and O–H groups in total. The predicted molar refractivity (Wildman–Crippen MR) is 109 cm³/mol. The third-order valence-corrected chi connectivity index (χ3v) is 7.79. The number of rotatable bonds is 4. The van der Waals surface area contributed by atoms with E-state index < -0.39 is 0 Å². The van der Waals surface area contributed by atoms with E-state index in [4.69, 9.17) is 0 Å². The standard InChI is InChI=1S/C22H40B2/c1-21(16-12-8-3-2-4-9-13-17-21)22(18-19-22)24-23-20-14-10-6-5-7-11-15-20/h20H,2-19H2,1H3. The second kappa shape index (κ2) is 9.18. The van der Waals surface area contributed by atoms with Gasteiger partial charge < -0.3 is 0 Å². The van der Waals surface area contributed by atoms with Gasteiger partial charge in [0.25, 0.3) is 0 Å². The van der Waals surface area contributed by atoms with Gasteiger partial charge in [0, 0.05) is 0 Å². The lowest BCUT2D eigenvalue weighted by molar-refractivity contribution is 0.216. The van der Waals surface area contributed by atoms with E-state index in [2.05, 4.69) is 21.3 Å². The van der Waals surface area contributed by atoms with Crippen molar-refractivity contribution in [1.29, 1.82) is 0 Å². The summed E-state index contributed by atoms with van der Waals surface area (Å²) in [5.74, 6) is 0.894. The normalized spacial score (nSPS) is 29.0. The Hall–Kier alpha value is 0.130. The third-order valence-electron chi connectivity index (χ3n) is 7.79. The summed E-state index contributed by atoms with van der Waals surface area (Å²) in [5, 5.41) is 0.592. The summed E-state index contributed by atoms with van der Waals surface area (Å²) in [4.78, 5) is 0. The molecule has 0 bridgehead atoms. The van der Waals surface area contributed by atoms with Crippen LogP contribution in [0.2, 0.25) is 11.1 Å². The molecule has 0 atom stereocenters. The van der Waals surface area contributed by atoms with Gasteiger partial charge in [0.15, 0.2) is 0 Å². The van der Waals surface area contributed by atoms with Crippen molar-refractivity contribution in [2.45, 2.75) is 134 Å². The van der Waals surface area contributed by atoms with Crippen LogP contribution in [0.15, 0.2) is 0 Å². The van der Waals surface area contributed by atoms with Crippen molar-refractivity contribution < 1.29 is 0 Å². The molecular weight excluding hydrogens is 286 g/mol. The first kappa shape index (κ1) is 18.9. The van der Waals surface area contributed by atoms with Crippen LogP contribution in [-0.2, 0) is 0 Å². The average Bonchev–Trinajstić information content (AvgIpc) is 3.34. The van der Waals surface area contributed by atoms with Gasteiger partial charge in [-0.25, -0.2) is 0 Å². The van der Waals surface area contributed by atoms with Crippen molar-refractivity contribution in [2.24, 2.45) is 5.41 Å². The molecule has 0 heterocycles. The molecule has 0 aliphatic heterocycles. The molecule has 2 radical (unpaired) electrons. The second-order valence-corrected chi connectivity index (χ2v) is 9.66. The molecule has 134 valence electrons. The molecule has 3 aliphatic carbocycles. The molecule has 0 spiro atoms.